The van der Waals surface area contributed by atoms with Crippen LogP contribution < -0.4 is 0 Å². The third-order valence-corrected chi connectivity index (χ3v) is 5.69. The van der Waals surface area contributed by atoms with E-state index in [2.05, 4.69) is 30.8 Å². The third-order valence-electron chi connectivity index (χ3n) is 4.83. The van der Waals surface area contributed by atoms with Gasteiger partial charge in [-0.15, -0.1) is 0 Å². The highest BCUT2D eigenvalue weighted by Gasteiger charge is 2.26. The molecule has 0 aliphatic carbocycles. The van der Waals surface area contributed by atoms with Crippen molar-refractivity contribution in [2.75, 3.05) is 26.2 Å². The van der Waals surface area contributed by atoms with Gasteiger partial charge in [0.1, 0.15) is 0 Å². The number of rotatable bonds is 3. The molecule has 1 aromatic heterocycles. The topological polar surface area (TPSA) is 41.4 Å². The molecule has 2 aromatic rings. The molecule has 1 aromatic carbocycles. The van der Waals surface area contributed by atoms with E-state index in [4.69, 9.17) is 23.2 Å². The molecule has 0 bridgehead atoms. The summed E-state index contributed by atoms with van der Waals surface area (Å²) < 4.78 is 1.91. The molecular weight excluding hydrogens is 383 g/mol. The number of hydrogen-bond donors (Lipinski definition) is 0. The minimum atomic E-state index is -0.141. The number of aromatic nitrogens is 2. The number of aryl methyl sites for hydroxylation is 1. The molecule has 1 aliphatic heterocycles. The molecule has 0 spiro atoms. The number of benzene rings is 1. The fourth-order valence-electron chi connectivity index (χ4n) is 3.44. The highest BCUT2D eigenvalue weighted by molar-refractivity contribution is 6.42. The zero-order valence-corrected chi connectivity index (χ0v) is 17.8. The van der Waals surface area contributed by atoms with E-state index in [0.29, 0.717) is 28.8 Å². The number of hydrogen-bond acceptors (Lipinski definition) is 3. The standard InChI is InChI=1S/C20H26Cl2N4O/c1-14-12-17(23-26(14)20(2,3)4)19(27)25-10-8-24(9-11-25)13-15-6-5-7-16(21)18(15)22/h5-7,12H,8-11,13H2,1-4H3. The zero-order valence-electron chi connectivity index (χ0n) is 16.3. The van der Waals surface area contributed by atoms with Crippen LogP contribution in [0, 0.1) is 6.92 Å². The molecule has 1 saturated heterocycles. The van der Waals surface area contributed by atoms with Crippen LogP contribution in [0.25, 0.3) is 0 Å². The number of carbonyl (C=O) groups excluding carboxylic acids is 1. The van der Waals surface area contributed by atoms with Crippen LogP contribution in [0.2, 0.25) is 10.0 Å². The van der Waals surface area contributed by atoms with Crippen molar-refractivity contribution in [3.8, 4) is 0 Å². The first kappa shape index (κ1) is 20.2. The van der Waals surface area contributed by atoms with Crippen molar-refractivity contribution in [3.63, 3.8) is 0 Å². The van der Waals surface area contributed by atoms with Gasteiger partial charge < -0.3 is 4.90 Å². The first-order valence-electron chi connectivity index (χ1n) is 9.18. The van der Waals surface area contributed by atoms with Crippen molar-refractivity contribution >= 4 is 29.1 Å². The number of nitrogens with zero attached hydrogens (tertiary/aromatic N) is 4. The van der Waals surface area contributed by atoms with Crippen LogP contribution >= 0.6 is 23.2 Å². The van der Waals surface area contributed by atoms with Gasteiger partial charge in [-0.1, -0.05) is 35.3 Å². The summed E-state index contributed by atoms with van der Waals surface area (Å²) in [6, 6.07) is 7.58. The Morgan fingerprint density at radius 2 is 1.81 bits per heavy atom. The minimum absolute atomic E-state index is 0.00142. The van der Waals surface area contributed by atoms with Gasteiger partial charge in [0.25, 0.3) is 5.91 Å². The average Bonchev–Trinajstić information content (AvgIpc) is 3.01. The molecule has 2 heterocycles. The van der Waals surface area contributed by atoms with Gasteiger partial charge in [0.2, 0.25) is 0 Å². The van der Waals surface area contributed by atoms with Gasteiger partial charge in [0.05, 0.1) is 15.6 Å². The second-order valence-corrected chi connectivity index (χ2v) is 8.82. The number of piperazine rings is 1. The maximum atomic E-state index is 12.8. The average molecular weight is 409 g/mol. The van der Waals surface area contributed by atoms with Crippen LogP contribution in [0.4, 0.5) is 0 Å². The molecule has 0 unspecified atom stereocenters. The molecule has 0 atom stereocenters. The second-order valence-electron chi connectivity index (χ2n) is 8.03. The SMILES string of the molecule is Cc1cc(C(=O)N2CCN(Cc3cccc(Cl)c3Cl)CC2)nn1C(C)(C)C. The maximum Gasteiger partial charge on any atom is 0.274 e. The molecular formula is C20H26Cl2N4O. The van der Waals surface area contributed by atoms with Gasteiger partial charge in [-0.05, 0) is 45.4 Å². The number of amides is 1. The molecule has 5 nitrogen and oxygen atoms in total. The van der Waals surface area contributed by atoms with Gasteiger partial charge in [-0.3, -0.25) is 14.4 Å². The monoisotopic (exact) mass is 408 g/mol. The van der Waals surface area contributed by atoms with Crippen molar-refractivity contribution in [1.82, 2.24) is 19.6 Å². The molecule has 0 saturated carbocycles. The molecule has 0 N–H and O–H groups in total. The van der Waals surface area contributed by atoms with E-state index in [0.717, 1.165) is 30.9 Å². The summed E-state index contributed by atoms with van der Waals surface area (Å²) in [6.07, 6.45) is 0. The summed E-state index contributed by atoms with van der Waals surface area (Å²) in [5.41, 5.74) is 2.40. The Morgan fingerprint density at radius 1 is 1.15 bits per heavy atom. The van der Waals surface area contributed by atoms with Crippen molar-refractivity contribution in [2.24, 2.45) is 0 Å². The van der Waals surface area contributed by atoms with Crippen molar-refractivity contribution in [2.45, 2.75) is 39.8 Å². The first-order chi connectivity index (χ1) is 12.7. The van der Waals surface area contributed by atoms with Gasteiger partial charge >= 0.3 is 0 Å². The van der Waals surface area contributed by atoms with Crippen LogP contribution in [-0.2, 0) is 12.1 Å². The minimum Gasteiger partial charge on any atom is -0.335 e. The van der Waals surface area contributed by atoms with E-state index in [9.17, 15) is 4.79 Å². The molecule has 7 heteroatoms. The normalized spacial score (nSPS) is 16.0. The largest absolute Gasteiger partial charge is 0.335 e. The summed E-state index contributed by atoms with van der Waals surface area (Å²) in [5.74, 6) is 0.00142. The van der Waals surface area contributed by atoms with E-state index >= 15 is 0 Å². The Balaban J connectivity index is 1.62. The first-order valence-corrected chi connectivity index (χ1v) is 9.94. The quantitative estimate of drug-likeness (QED) is 0.763. The van der Waals surface area contributed by atoms with Crippen molar-refractivity contribution in [1.29, 1.82) is 0 Å². The van der Waals surface area contributed by atoms with Crippen LogP contribution in [0.3, 0.4) is 0 Å². The Labute approximate surface area is 170 Å². The van der Waals surface area contributed by atoms with Gasteiger partial charge in [-0.25, -0.2) is 0 Å². The van der Waals surface area contributed by atoms with Crippen molar-refractivity contribution < 1.29 is 4.79 Å². The fourth-order valence-corrected chi connectivity index (χ4v) is 3.82. The molecule has 146 valence electrons. The molecule has 1 aliphatic rings. The Kier molecular flexibility index (Phi) is 5.84. The summed E-state index contributed by atoms with van der Waals surface area (Å²) in [6.45, 7) is 11.9. The van der Waals surface area contributed by atoms with Crippen LogP contribution in [0.15, 0.2) is 24.3 Å². The van der Waals surface area contributed by atoms with E-state index in [1.807, 2.05) is 34.7 Å². The maximum absolute atomic E-state index is 12.8. The van der Waals surface area contributed by atoms with Gasteiger partial charge in [0.15, 0.2) is 5.69 Å². The third kappa shape index (κ3) is 4.48. The lowest BCUT2D eigenvalue weighted by Crippen LogP contribution is -2.48. The predicted molar refractivity (Wildman–Crippen MR) is 110 cm³/mol. The second kappa shape index (κ2) is 7.82. The molecule has 0 radical (unpaired) electrons. The number of carbonyl (C=O) groups is 1. The Bertz CT molecular complexity index is 833. The van der Waals surface area contributed by atoms with Gasteiger partial charge in [0, 0.05) is 38.4 Å². The Morgan fingerprint density at radius 3 is 2.41 bits per heavy atom. The lowest BCUT2D eigenvalue weighted by molar-refractivity contribution is 0.0621. The summed E-state index contributed by atoms with van der Waals surface area (Å²) in [7, 11) is 0. The van der Waals surface area contributed by atoms with E-state index < -0.39 is 0 Å². The van der Waals surface area contributed by atoms with Gasteiger partial charge in [-0.2, -0.15) is 5.10 Å². The molecule has 3 rings (SSSR count). The summed E-state index contributed by atoms with van der Waals surface area (Å²) in [4.78, 5) is 17.0. The summed E-state index contributed by atoms with van der Waals surface area (Å²) >= 11 is 12.4. The van der Waals surface area contributed by atoms with E-state index in [1.165, 1.54) is 0 Å². The van der Waals surface area contributed by atoms with E-state index in [1.54, 1.807) is 6.07 Å². The lowest BCUT2D eigenvalue weighted by atomic mass is 10.1. The van der Waals surface area contributed by atoms with Crippen LogP contribution in [0.1, 0.15) is 42.5 Å². The number of halogens is 2. The van der Waals surface area contributed by atoms with Crippen LogP contribution in [-0.4, -0.2) is 51.7 Å². The smallest absolute Gasteiger partial charge is 0.274 e. The molecule has 1 amide bonds. The highest BCUT2D eigenvalue weighted by Crippen LogP contribution is 2.27. The zero-order chi connectivity index (χ0) is 19.8. The predicted octanol–water partition coefficient (Wildman–Crippen LogP) is 4.21. The summed E-state index contributed by atoms with van der Waals surface area (Å²) in [5, 5.41) is 5.73. The Hall–Kier alpha value is -1.56. The van der Waals surface area contributed by atoms with E-state index in [-0.39, 0.29) is 11.4 Å². The highest BCUT2D eigenvalue weighted by atomic mass is 35.5. The van der Waals surface area contributed by atoms with Crippen molar-refractivity contribution in [3.05, 3.63) is 51.3 Å². The molecule has 27 heavy (non-hydrogen) atoms. The van der Waals surface area contributed by atoms with Crippen LogP contribution in [0.5, 0.6) is 0 Å². The fraction of sp³-hybridized carbons (Fsp3) is 0.500. The lowest BCUT2D eigenvalue weighted by Gasteiger charge is -2.34. The molecule has 1 fully saturated rings.